The van der Waals surface area contributed by atoms with Gasteiger partial charge in [-0.05, 0) is 53.4 Å². The maximum absolute atomic E-state index is 12.4. The number of aromatic amines is 1. The number of fused-ring (bicyclic) bond motifs is 2. The molecular formula is C16H27N5O2. The molecule has 3 rings (SSSR count). The lowest BCUT2D eigenvalue weighted by atomic mass is 10.0. The molecular weight excluding hydrogens is 294 g/mol. The highest BCUT2D eigenvalue weighted by Gasteiger charge is 2.48. The second-order valence-corrected chi connectivity index (χ2v) is 7.81. The molecule has 1 amide bonds. The number of aryl methyl sites for hydroxylation is 1. The summed E-state index contributed by atoms with van der Waals surface area (Å²) in [6.07, 6.45) is 1.95. The summed E-state index contributed by atoms with van der Waals surface area (Å²) >= 11 is 0. The third kappa shape index (κ3) is 3.49. The van der Waals surface area contributed by atoms with Crippen molar-refractivity contribution < 1.29 is 9.53 Å². The van der Waals surface area contributed by atoms with Gasteiger partial charge in [-0.15, -0.1) is 0 Å². The third-order valence-electron chi connectivity index (χ3n) is 4.58. The zero-order valence-corrected chi connectivity index (χ0v) is 14.6. The van der Waals surface area contributed by atoms with Crippen LogP contribution in [0.4, 0.5) is 4.79 Å². The molecule has 0 radical (unpaired) electrons. The number of hydrogen-bond acceptors (Lipinski definition) is 5. The second kappa shape index (κ2) is 5.78. The monoisotopic (exact) mass is 321 g/mol. The van der Waals surface area contributed by atoms with Gasteiger partial charge in [0.1, 0.15) is 11.4 Å². The number of carbonyl (C=O) groups excluding carboxylic acids is 1. The summed E-state index contributed by atoms with van der Waals surface area (Å²) in [7, 11) is 0. The Kier molecular flexibility index (Phi) is 4.08. The first-order valence-electron chi connectivity index (χ1n) is 8.37. The van der Waals surface area contributed by atoms with E-state index in [-0.39, 0.29) is 24.2 Å². The standard InChI is InChI=1S/C16H27N5O2/c1-9(14-18-10(2)19-20-14)17-12-6-11-7-13(12)21(8-11)15(22)23-16(3,4)5/h9,11-13,17H,6-8H2,1-5H3,(H,18,19,20). The molecule has 0 aromatic carbocycles. The first kappa shape index (κ1) is 16.2. The van der Waals surface area contributed by atoms with E-state index in [9.17, 15) is 4.79 Å². The fourth-order valence-electron chi connectivity index (χ4n) is 3.68. The highest BCUT2D eigenvalue weighted by molar-refractivity contribution is 5.69. The van der Waals surface area contributed by atoms with E-state index in [0.29, 0.717) is 5.92 Å². The lowest BCUT2D eigenvalue weighted by Crippen LogP contribution is -2.52. The minimum absolute atomic E-state index is 0.0600. The van der Waals surface area contributed by atoms with Gasteiger partial charge < -0.3 is 15.0 Å². The largest absolute Gasteiger partial charge is 0.444 e. The smallest absolute Gasteiger partial charge is 0.410 e. The van der Waals surface area contributed by atoms with Crippen LogP contribution in [0.3, 0.4) is 0 Å². The summed E-state index contributed by atoms with van der Waals surface area (Å²) in [4.78, 5) is 18.7. The molecule has 1 aliphatic heterocycles. The van der Waals surface area contributed by atoms with Crippen LogP contribution in [0.2, 0.25) is 0 Å². The van der Waals surface area contributed by atoms with Gasteiger partial charge in [0, 0.05) is 12.6 Å². The van der Waals surface area contributed by atoms with E-state index in [1.54, 1.807) is 0 Å². The summed E-state index contributed by atoms with van der Waals surface area (Å²) in [5.41, 5.74) is -0.453. The van der Waals surface area contributed by atoms with Gasteiger partial charge in [-0.1, -0.05) is 0 Å². The van der Waals surface area contributed by atoms with Crippen molar-refractivity contribution in [2.24, 2.45) is 5.92 Å². The first-order valence-corrected chi connectivity index (χ1v) is 8.37. The Bertz CT molecular complexity index is 579. The highest BCUT2D eigenvalue weighted by atomic mass is 16.6. The number of piperidine rings is 1. The van der Waals surface area contributed by atoms with Crippen LogP contribution in [0.25, 0.3) is 0 Å². The van der Waals surface area contributed by atoms with Crippen LogP contribution < -0.4 is 5.32 Å². The summed E-state index contributed by atoms with van der Waals surface area (Å²) in [5.74, 6) is 2.15. The van der Waals surface area contributed by atoms with Gasteiger partial charge in [-0.2, -0.15) is 5.10 Å². The predicted molar refractivity (Wildman–Crippen MR) is 85.9 cm³/mol. The third-order valence-corrected chi connectivity index (χ3v) is 4.58. The summed E-state index contributed by atoms with van der Waals surface area (Å²) in [6.45, 7) is 10.5. The summed E-state index contributed by atoms with van der Waals surface area (Å²) in [5, 5.41) is 10.7. The molecule has 4 unspecified atom stereocenters. The van der Waals surface area contributed by atoms with Gasteiger partial charge in [0.25, 0.3) is 0 Å². The van der Waals surface area contributed by atoms with E-state index in [4.69, 9.17) is 4.74 Å². The van der Waals surface area contributed by atoms with E-state index >= 15 is 0 Å². The molecule has 4 atom stereocenters. The Morgan fingerprint density at radius 1 is 1.43 bits per heavy atom. The predicted octanol–water partition coefficient (Wildman–Crippen LogP) is 2.16. The van der Waals surface area contributed by atoms with Gasteiger partial charge >= 0.3 is 6.09 Å². The molecule has 23 heavy (non-hydrogen) atoms. The normalized spacial score (nSPS) is 28.2. The second-order valence-electron chi connectivity index (χ2n) is 7.81. The zero-order valence-electron chi connectivity index (χ0n) is 14.6. The number of H-pyrrole nitrogens is 1. The topological polar surface area (TPSA) is 83.1 Å². The number of carbonyl (C=O) groups is 1. The van der Waals surface area contributed by atoms with Crippen molar-refractivity contribution >= 4 is 6.09 Å². The molecule has 2 aliphatic rings. The maximum Gasteiger partial charge on any atom is 0.410 e. The number of ether oxygens (including phenoxy) is 1. The number of nitrogens with zero attached hydrogens (tertiary/aromatic N) is 3. The van der Waals surface area contributed by atoms with Crippen molar-refractivity contribution in [3.05, 3.63) is 11.6 Å². The SMILES string of the molecule is Cc1nc(C(C)NC2CC3CC2N(C(=O)OC(C)(C)C)C3)n[nH]1. The molecule has 2 heterocycles. The maximum atomic E-state index is 12.4. The van der Waals surface area contributed by atoms with Crippen LogP contribution >= 0.6 is 0 Å². The van der Waals surface area contributed by atoms with Gasteiger partial charge in [-0.3, -0.25) is 5.10 Å². The minimum Gasteiger partial charge on any atom is -0.444 e. The fourth-order valence-corrected chi connectivity index (χ4v) is 3.68. The summed E-state index contributed by atoms with van der Waals surface area (Å²) in [6, 6.07) is 0.539. The molecule has 2 bridgehead atoms. The Morgan fingerprint density at radius 3 is 2.74 bits per heavy atom. The quantitative estimate of drug-likeness (QED) is 0.891. The average molecular weight is 321 g/mol. The Labute approximate surface area is 137 Å². The number of aromatic nitrogens is 3. The highest BCUT2D eigenvalue weighted by Crippen LogP contribution is 2.39. The molecule has 1 saturated heterocycles. The Morgan fingerprint density at radius 2 is 2.17 bits per heavy atom. The van der Waals surface area contributed by atoms with Crippen molar-refractivity contribution in [2.75, 3.05) is 6.54 Å². The minimum atomic E-state index is -0.453. The van der Waals surface area contributed by atoms with Crippen LogP contribution in [0, 0.1) is 12.8 Å². The van der Waals surface area contributed by atoms with E-state index in [1.165, 1.54) is 0 Å². The number of likely N-dealkylation sites (tertiary alicyclic amines) is 1. The molecule has 7 heteroatoms. The fraction of sp³-hybridized carbons (Fsp3) is 0.812. The molecule has 0 spiro atoms. The van der Waals surface area contributed by atoms with Crippen molar-refractivity contribution in [2.45, 2.75) is 71.2 Å². The molecule has 1 aromatic rings. The molecule has 2 N–H and O–H groups in total. The number of amides is 1. The van der Waals surface area contributed by atoms with Gasteiger partial charge in [0.05, 0.1) is 12.1 Å². The van der Waals surface area contributed by atoms with Crippen LogP contribution in [0.5, 0.6) is 0 Å². The number of nitrogens with one attached hydrogen (secondary N) is 2. The molecule has 2 fully saturated rings. The first-order chi connectivity index (χ1) is 10.7. The van der Waals surface area contributed by atoms with Crippen molar-refractivity contribution in [1.82, 2.24) is 25.4 Å². The van der Waals surface area contributed by atoms with E-state index in [0.717, 1.165) is 31.0 Å². The summed E-state index contributed by atoms with van der Waals surface area (Å²) < 4.78 is 5.55. The molecule has 1 saturated carbocycles. The van der Waals surface area contributed by atoms with Crippen LogP contribution in [0.15, 0.2) is 0 Å². The van der Waals surface area contributed by atoms with Gasteiger partial charge in [0.2, 0.25) is 0 Å². The molecule has 1 aliphatic carbocycles. The molecule has 7 nitrogen and oxygen atoms in total. The van der Waals surface area contributed by atoms with Gasteiger partial charge in [0.15, 0.2) is 5.82 Å². The number of hydrogen-bond donors (Lipinski definition) is 2. The average Bonchev–Trinajstić information content (AvgIpc) is 3.11. The molecule has 1 aromatic heterocycles. The zero-order chi connectivity index (χ0) is 16.8. The van der Waals surface area contributed by atoms with Crippen molar-refractivity contribution in [3.63, 3.8) is 0 Å². The van der Waals surface area contributed by atoms with Crippen LogP contribution in [-0.2, 0) is 4.74 Å². The van der Waals surface area contributed by atoms with Gasteiger partial charge in [-0.25, -0.2) is 9.78 Å². The van der Waals surface area contributed by atoms with E-state index in [2.05, 4.69) is 27.4 Å². The Hall–Kier alpha value is -1.63. The van der Waals surface area contributed by atoms with Crippen molar-refractivity contribution in [3.8, 4) is 0 Å². The van der Waals surface area contributed by atoms with E-state index < -0.39 is 5.60 Å². The van der Waals surface area contributed by atoms with Crippen molar-refractivity contribution in [1.29, 1.82) is 0 Å². The lowest BCUT2D eigenvalue weighted by Gasteiger charge is -2.35. The lowest BCUT2D eigenvalue weighted by molar-refractivity contribution is 0.0153. The van der Waals surface area contributed by atoms with Crippen LogP contribution in [-0.4, -0.2) is 50.4 Å². The Balaban J connectivity index is 1.63. The van der Waals surface area contributed by atoms with E-state index in [1.807, 2.05) is 32.6 Å². The van der Waals surface area contributed by atoms with Crippen LogP contribution in [0.1, 0.15) is 58.2 Å². The number of rotatable bonds is 3. The molecule has 128 valence electrons.